The molecule has 0 aliphatic rings. The van der Waals surface area contributed by atoms with Gasteiger partial charge in [-0.15, -0.1) is 0 Å². The molecule has 0 unspecified atom stereocenters. The maximum atomic E-state index is 13.2. The molecule has 3 rings (SSSR count). The van der Waals surface area contributed by atoms with Crippen molar-refractivity contribution in [3.63, 3.8) is 0 Å². The highest BCUT2D eigenvalue weighted by molar-refractivity contribution is 6.05. The van der Waals surface area contributed by atoms with Gasteiger partial charge in [-0.2, -0.15) is 0 Å². The first-order valence-electron chi connectivity index (χ1n) is 9.84. The zero-order chi connectivity index (χ0) is 20.5. The molecule has 0 radical (unpaired) electrons. The molecule has 1 N–H and O–H groups in total. The van der Waals surface area contributed by atoms with E-state index in [-0.39, 0.29) is 11.8 Å². The molecule has 0 aliphatic carbocycles. The standard InChI is InChI=1S/C24H25N3O2/c1-2-3-12-23(28)26-21-15-13-20(14-16-21)24(29)27(22-11-7-8-17-25-22)18-19-9-5-4-6-10-19/h4-11,13-17H,2-3,12,18H2,1H3,(H,26,28). The van der Waals surface area contributed by atoms with Crippen LogP contribution in [0, 0.1) is 0 Å². The van der Waals surface area contributed by atoms with Crippen molar-refractivity contribution < 1.29 is 9.59 Å². The molecule has 5 heteroatoms. The van der Waals surface area contributed by atoms with Crippen molar-refractivity contribution in [3.8, 4) is 0 Å². The van der Waals surface area contributed by atoms with Crippen molar-refractivity contribution >= 4 is 23.3 Å². The average Bonchev–Trinajstić information content (AvgIpc) is 2.77. The summed E-state index contributed by atoms with van der Waals surface area (Å²) in [7, 11) is 0. The van der Waals surface area contributed by atoms with Gasteiger partial charge in [-0.05, 0) is 48.4 Å². The molecule has 0 spiro atoms. The fraction of sp³-hybridized carbons (Fsp3) is 0.208. The van der Waals surface area contributed by atoms with Crippen molar-refractivity contribution in [2.75, 3.05) is 10.2 Å². The van der Waals surface area contributed by atoms with Gasteiger partial charge in [0.15, 0.2) is 0 Å². The Balaban J connectivity index is 1.77. The monoisotopic (exact) mass is 387 g/mol. The summed E-state index contributed by atoms with van der Waals surface area (Å²) in [4.78, 5) is 31.1. The quantitative estimate of drug-likeness (QED) is 0.588. The lowest BCUT2D eigenvalue weighted by Gasteiger charge is -2.22. The van der Waals surface area contributed by atoms with Crippen LogP contribution in [0.4, 0.5) is 11.5 Å². The Morgan fingerprint density at radius 2 is 1.66 bits per heavy atom. The van der Waals surface area contributed by atoms with E-state index in [4.69, 9.17) is 0 Å². The Kier molecular flexibility index (Phi) is 7.11. The fourth-order valence-electron chi connectivity index (χ4n) is 2.95. The number of carbonyl (C=O) groups is 2. The molecule has 148 valence electrons. The van der Waals surface area contributed by atoms with E-state index in [1.54, 1.807) is 35.4 Å². The van der Waals surface area contributed by atoms with Crippen LogP contribution in [-0.2, 0) is 11.3 Å². The summed E-state index contributed by atoms with van der Waals surface area (Å²) >= 11 is 0. The van der Waals surface area contributed by atoms with Crippen LogP contribution in [0.5, 0.6) is 0 Å². The van der Waals surface area contributed by atoms with E-state index in [1.807, 2.05) is 48.5 Å². The van der Waals surface area contributed by atoms with Gasteiger partial charge in [-0.3, -0.25) is 14.5 Å². The Hall–Kier alpha value is -3.47. The van der Waals surface area contributed by atoms with Gasteiger partial charge in [0.2, 0.25) is 5.91 Å². The van der Waals surface area contributed by atoms with Crippen LogP contribution in [0.1, 0.15) is 42.1 Å². The lowest BCUT2D eigenvalue weighted by molar-refractivity contribution is -0.116. The molecule has 0 atom stereocenters. The number of nitrogens with zero attached hydrogens (tertiary/aromatic N) is 2. The van der Waals surface area contributed by atoms with Crippen LogP contribution in [0.15, 0.2) is 79.0 Å². The van der Waals surface area contributed by atoms with Gasteiger partial charge >= 0.3 is 0 Å². The number of hydrogen-bond donors (Lipinski definition) is 1. The molecule has 5 nitrogen and oxygen atoms in total. The summed E-state index contributed by atoms with van der Waals surface area (Å²) < 4.78 is 0. The Labute approximate surface area is 171 Å². The minimum absolute atomic E-state index is 0.00915. The topological polar surface area (TPSA) is 62.3 Å². The van der Waals surface area contributed by atoms with Crippen molar-refractivity contribution in [2.24, 2.45) is 0 Å². The zero-order valence-electron chi connectivity index (χ0n) is 16.5. The molecule has 0 aliphatic heterocycles. The molecular weight excluding hydrogens is 362 g/mol. The van der Waals surface area contributed by atoms with Crippen LogP contribution in [-0.4, -0.2) is 16.8 Å². The Morgan fingerprint density at radius 3 is 2.31 bits per heavy atom. The molecule has 3 aromatic rings. The first-order valence-corrected chi connectivity index (χ1v) is 9.84. The number of aromatic nitrogens is 1. The normalized spacial score (nSPS) is 10.4. The van der Waals surface area contributed by atoms with E-state index in [9.17, 15) is 9.59 Å². The number of nitrogens with one attached hydrogen (secondary N) is 1. The smallest absolute Gasteiger partial charge is 0.259 e. The van der Waals surface area contributed by atoms with Gasteiger partial charge in [0, 0.05) is 23.9 Å². The van der Waals surface area contributed by atoms with E-state index < -0.39 is 0 Å². The summed E-state index contributed by atoms with van der Waals surface area (Å²) in [5.74, 6) is 0.444. The summed E-state index contributed by atoms with van der Waals surface area (Å²) in [5.41, 5.74) is 2.25. The van der Waals surface area contributed by atoms with Crippen LogP contribution < -0.4 is 10.2 Å². The van der Waals surface area contributed by atoms with Gasteiger partial charge in [-0.1, -0.05) is 49.7 Å². The second-order valence-electron chi connectivity index (χ2n) is 6.79. The third kappa shape index (κ3) is 5.75. The van der Waals surface area contributed by atoms with E-state index in [1.165, 1.54) is 0 Å². The van der Waals surface area contributed by atoms with Crippen LogP contribution in [0.2, 0.25) is 0 Å². The molecule has 0 saturated carbocycles. The number of rotatable bonds is 8. The zero-order valence-corrected chi connectivity index (χ0v) is 16.5. The number of anilines is 2. The molecule has 0 bridgehead atoms. The van der Waals surface area contributed by atoms with Crippen LogP contribution >= 0.6 is 0 Å². The summed E-state index contributed by atoms with van der Waals surface area (Å²) in [6.45, 7) is 2.47. The predicted octanol–water partition coefficient (Wildman–Crippen LogP) is 5.06. The Bertz CT molecular complexity index is 925. The van der Waals surface area contributed by atoms with E-state index in [2.05, 4.69) is 17.2 Å². The number of amides is 2. The SMILES string of the molecule is CCCCC(=O)Nc1ccc(C(=O)N(Cc2ccccc2)c2ccccn2)cc1. The first-order chi connectivity index (χ1) is 14.2. The molecule has 1 heterocycles. The van der Waals surface area contributed by atoms with Crippen LogP contribution in [0.25, 0.3) is 0 Å². The van der Waals surface area contributed by atoms with Crippen molar-refractivity contribution in [3.05, 3.63) is 90.1 Å². The average molecular weight is 387 g/mol. The van der Waals surface area contributed by atoms with Crippen molar-refractivity contribution in [1.29, 1.82) is 0 Å². The number of carbonyl (C=O) groups excluding carboxylic acids is 2. The van der Waals surface area contributed by atoms with E-state index >= 15 is 0 Å². The van der Waals surface area contributed by atoms with Gasteiger partial charge in [0.1, 0.15) is 5.82 Å². The number of pyridine rings is 1. The second-order valence-corrected chi connectivity index (χ2v) is 6.79. The lowest BCUT2D eigenvalue weighted by Crippen LogP contribution is -2.31. The maximum Gasteiger partial charge on any atom is 0.259 e. The summed E-state index contributed by atoms with van der Waals surface area (Å²) in [5, 5.41) is 2.87. The second kappa shape index (κ2) is 10.2. The largest absolute Gasteiger partial charge is 0.326 e. The number of benzene rings is 2. The molecular formula is C24H25N3O2. The van der Waals surface area contributed by atoms with Crippen LogP contribution in [0.3, 0.4) is 0 Å². The minimum atomic E-state index is -0.142. The molecule has 2 amide bonds. The lowest BCUT2D eigenvalue weighted by atomic mass is 10.1. The first kappa shape index (κ1) is 20.3. The van der Waals surface area contributed by atoms with E-state index in [0.717, 1.165) is 18.4 Å². The minimum Gasteiger partial charge on any atom is -0.326 e. The summed E-state index contributed by atoms with van der Waals surface area (Å²) in [6, 6.07) is 22.3. The number of hydrogen-bond acceptors (Lipinski definition) is 3. The van der Waals surface area contributed by atoms with Gasteiger partial charge in [-0.25, -0.2) is 4.98 Å². The van der Waals surface area contributed by atoms with E-state index in [0.29, 0.717) is 30.0 Å². The maximum absolute atomic E-state index is 13.2. The van der Waals surface area contributed by atoms with Gasteiger partial charge in [0.05, 0.1) is 6.54 Å². The molecule has 0 saturated heterocycles. The molecule has 29 heavy (non-hydrogen) atoms. The fourth-order valence-corrected chi connectivity index (χ4v) is 2.95. The molecule has 2 aromatic carbocycles. The van der Waals surface area contributed by atoms with Gasteiger partial charge in [0.25, 0.3) is 5.91 Å². The van der Waals surface area contributed by atoms with Crippen molar-refractivity contribution in [2.45, 2.75) is 32.7 Å². The highest BCUT2D eigenvalue weighted by Crippen LogP contribution is 2.19. The highest BCUT2D eigenvalue weighted by Gasteiger charge is 2.19. The van der Waals surface area contributed by atoms with Crippen molar-refractivity contribution in [1.82, 2.24) is 4.98 Å². The third-order valence-corrected chi connectivity index (χ3v) is 4.53. The number of unbranched alkanes of at least 4 members (excludes halogenated alkanes) is 1. The Morgan fingerprint density at radius 1 is 0.931 bits per heavy atom. The predicted molar refractivity (Wildman–Crippen MR) is 116 cm³/mol. The third-order valence-electron chi connectivity index (χ3n) is 4.53. The molecule has 0 fully saturated rings. The summed E-state index contributed by atoms with van der Waals surface area (Å²) in [6.07, 6.45) is 4.02. The van der Waals surface area contributed by atoms with Gasteiger partial charge < -0.3 is 5.32 Å². The highest BCUT2D eigenvalue weighted by atomic mass is 16.2. The molecule has 1 aromatic heterocycles.